The van der Waals surface area contributed by atoms with Crippen LogP contribution in [0.3, 0.4) is 0 Å². The summed E-state index contributed by atoms with van der Waals surface area (Å²) >= 11 is 6.68. The standard InChI is InChI=1S/C13H11N5S2/c19-13-16-11(17-18-13)10-9(7-1-2-7)15-12(20-10)8-3-5-14-6-4-8/h3-7H,1-2H2,(H2,16,17,18,19). The normalized spacial score (nSPS) is 14.6. The van der Waals surface area contributed by atoms with Crippen molar-refractivity contribution in [2.75, 3.05) is 0 Å². The lowest BCUT2D eigenvalue weighted by Crippen LogP contribution is -1.86. The van der Waals surface area contributed by atoms with Gasteiger partial charge in [0, 0.05) is 23.9 Å². The number of nitrogens with one attached hydrogen (secondary N) is 2. The quantitative estimate of drug-likeness (QED) is 0.726. The first-order chi connectivity index (χ1) is 9.81. The third kappa shape index (κ3) is 2.08. The molecular formula is C13H11N5S2. The fourth-order valence-electron chi connectivity index (χ4n) is 2.13. The fourth-order valence-corrected chi connectivity index (χ4v) is 3.37. The molecule has 3 aromatic rings. The molecule has 0 aromatic carbocycles. The SMILES string of the molecule is S=c1nc(-c2sc(-c3ccncc3)nc2C2CC2)[nH][nH]1. The predicted molar refractivity (Wildman–Crippen MR) is 80.1 cm³/mol. The van der Waals surface area contributed by atoms with Gasteiger partial charge in [0.2, 0.25) is 4.77 Å². The smallest absolute Gasteiger partial charge is 0.213 e. The van der Waals surface area contributed by atoms with Crippen molar-refractivity contribution in [1.29, 1.82) is 0 Å². The topological polar surface area (TPSA) is 70.2 Å². The monoisotopic (exact) mass is 301 g/mol. The summed E-state index contributed by atoms with van der Waals surface area (Å²) in [5, 5.41) is 6.88. The third-order valence-electron chi connectivity index (χ3n) is 3.26. The van der Waals surface area contributed by atoms with Crippen LogP contribution < -0.4 is 0 Å². The highest BCUT2D eigenvalue weighted by Gasteiger charge is 2.31. The molecule has 0 unspecified atom stereocenters. The van der Waals surface area contributed by atoms with Gasteiger partial charge in [-0.05, 0) is 37.2 Å². The van der Waals surface area contributed by atoms with E-state index in [1.165, 1.54) is 12.8 Å². The Bertz CT molecular complexity index is 798. The Hall–Kier alpha value is -1.86. The van der Waals surface area contributed by atoms with Gasteiger partial charge in [0.1, 0.15) is 5.01 Å². The lowest BCUT2D eigenvalue weighted by Gasteiger charge is -1.94. The lowest BCUT2D eigenvalue weighted by atomic mass is 10.2. The molecule has 0 radical (unpaired) electrons. The third-order valence-corrected chi connectivity index (χ3v) is 4.58. The first-order valence-electron chi connectivity index (χ1n) is 6.37. The second-order valence-electron chi connectivity index (χ2n) is 4.76. The zero-order valence-corrected chi connectivity index (χ0v) is 12.1. The first kappa shape index (κ1) is 11.9. The van der Waals surface area contributed by atoms with Gasteiger partial charge in [0.25, 0.3) is 0 Å². The number of H-pyrrole nitrogens is 2. The van der Waals surface area contributed by atoms with Crippen LogP contribution in [0.25, 0.3) is 21.3 Å². The minimum absolute atomic E-state index is 0.473. The summed E-state index contributed by atoms with van der Waals surface area (Å²) in [4.78, 5) is 14.3. The first-order valence-corrected chi connectivity index (χ1v) is 7.60. The molecule has 1 aliphatic carbocycles. The molecule has 0 bridgehead atoms. The van der Waals surface area contributed by atoms with E-state index in [-0.39, 0.29) is 0 Å². The summed E-state index contributed by atoms with van der Waals surface area (Å²) < 4.78 is 0.473. The van der Waals surface area contributed by atoms with Crippen LogP contribution in [-0.2, 0) is 0 Å². The number of aromatic nitrogens is 5. The Morgan fingerprint density at radius 3 is 2.60 bits per heavy atom. The van der Waals surface area contributed by atoms with E-state index in [0.717, 1.165) is 27.0 Å². The predicted octanol–water partition coefficient (Wildman–Crippen LogP) is 3.53. The summed E-state index contributed by atoms with van der Waals surface area (Å²) in [6.45, 7) is 0. The van der Waals surface area contributed by atoms with Crippen LogP contribution in [0.2, 0.25) is 0 Å². The minimum Gasteiger partial charge on any atom is -0.281 e. The van der Waals surface area contributed by atoms with Gasteiger partial charge in [-0.1, -0.05) is 0 Å². The summed E-state index contributed by atoms with van der Waals surface area (Å²) in [7, 11) is 0. The molecule has 4 rings (SSSR count). The lowest BCUT2D eigenvalue weighted by molar-refractivity contribution is 1.04. The largest absolute Gasteiger partial charge is 0.281 e. The van der Waals surface area contributed by atoms with Crippen molar-refractivity contribution < 1.29 is 0 Å². The van der Waals surface area contributed by atoms with Crippen molar-refractivity contribution in [3.63, 3.8) is 0 Å². The van der Waals surface area contributed by atoms with E-state index < -0.39 is 0 Å². The average molecular weight is 301 g/mol. The van der Waals surface area contributed by atoms with Crippen molar-refractivity contribution in [1.82, 2.24) is 25.1 Å². The van der Waals surface area contributed by atoms with Crippen LogP contribution in [0.15, 0.2) is 24.5 Å². The molecule has 0 atom stereocenters. The molecule has 0 amide bonds. The van der Waals surface area contributed by atoms with Crippen LogP contribution in [0.1, 0.15) is 24.5 Å². The Morgan fingerprint density at radius 1 is 1.15 bits per heavy atom. The van der Waals surface area contributed by atoms with E-state index >= 15 is 0 Å². The van der Waals surface area contributed by atoms with Crippen LogP contribution in [0.5, 0.6) is 0 Å². The van der Waals surface area contributed by atoms with Gasteiger partial charge in [0.15, 0.2) is 5.82 Å². The Morgan fingerprint density at radius 2 is 1.95 bits per heavy atom. The maximum atomic E-state index is 5.04. The highest BCUT2D eigenvalue weighted by Crippen LogP contribution is 2.46. The maximum Gasteiger partial charge on any atom is 0.213 e. The Balaban J connectivity index is 1.86. The number of aromatic amines is 2. The summed E-state index contributed by atoms with van der Waals surface area (Å²) in [6.07, 6.45) is 5.99. The van der Waals surface area contributed by atoms with Crippen LogP contribution in [0.4, 0.5) is 0 Å². The second-order valence-corrected chi connectivity index (χ2v) is 6.14. The van der Waals surface area contributed by atoms with Crippen molar-refractivity contribution in [2.24, 2.45) is 0 Å². The molecule has 5 nitrogen and oxygen atoms in total. The van der Waals surface area contributed by atoms with Gasteiger partial charge >= 0.3 is 0 Å². The molecular weight excluding hydrogens is 290 g/mol. The van der Waals surface area contributed by atoms with Crippen molar-refractivity contribution in [3.05, 3.63) is 35.0 Å². The zero-order chi connectivity index (χ0) is 13.5. The molecule has 0 saturated heterocycles. The van der Waals surface area contributed by atoms with E-state index in [2.05, 4.69) is 20.2 Å². The van der Waals surface area contributed by atoms with E-state index in [0.29, 0.717) is 10.7 Å². The minimum atomic E-state index is 0.473. The molecule has 1 saturated carbocycles. The number of nitrogens with zero attached hydrogens (tertiary/aromatic N) is 3. The molecule has 3 heterocycles. The molecule has 0 spiro atoms. The van der Waals surface area contributed by atoms with E-state index in [9.17, 15) is 0 Å². The van der Waals surface area contributed by atoms with Crippen LogP contribution in [-0.4, -0.2) is 25.1 Å². The number of rotatable bonds is 3. The second kappa shape index (κ2) is 4.60. The molecule has 0 aliphatic heterocycles. The fraction of sp³-hybridized carbons (Fsp3) is 0.231. The summed E-state index contributed by atoms with van der Waals surface area (Å²) in [5.74, 6) is 1.35. The van der Waals surface area contributed by atoms with Gasteiger partial charge < -0.3 is 0 Å². The molecule has 1 fully saturated rings. The highest BCUT2D eigenvalue weighted by atomic mass is 32.1. The highest BCUT2D eigenvalue weighted by molar-refractivity contribution is 7.71. The van der Waals surface area contributed by atoms with Crippen molar-refractivity contribution in [3.8, 4) is 21.3 Å². The Kier molecular flexibility index (Phi) is 2.75. The maximum absolute atomic E-state index is 5.04. The summed E-state index contributed by atoms with van der Waals surface area (Å²) in [6, 6.07) is 3.96. The van der Waals surface area contributed by atoms with Crippen molar-refractivity contribution in [2.45, 2.75) is 18.8 Å². The van der Waals surface area contributed by atoms with E-state index in [1.54, 1.807) is 23.7 Å². The van der Waals surface area contributed by atoms with Gasteiger partial charge in [-0.3, -0.25) is 15.2 Å². The Labute approximate surface area is 124 Å². The molecule has 20 heavy (non-hydrogen) atoms. The van der Waals surface area contributed by atoms with Crippen molar-refractivity contribution >= 4 is 23.6 Å². The zero-order valence-electron chi connectivity index (χ0n) is 10.5. The molecule has 7 heteroatoms. The number of pyridine rings is 1. The van der Waals surface area contributed by atoms with Gasteiger partial charge in [-0.15, -0.1) is 11.3 Å². The molecule has 100 valence electrons. The molecule has 1 aliphatic rings. The van der Waals surface area contributed by atoms with Crippen LogP contribution in [0, 0.1) is 4.77 Å². The van der Waals surface area contributed by atoms with Gasteiger partial charge in [-0.25, -0.2) is 4.98 Å². The average Bonchev–Trinajstić information content (AvgIpc) is 3.08. The van der Waals surface area contributed by atoms with E-state index in [1.807, 2.05) is 12.1 Å². The molecule has 2 N–H and O–H groups in total. The van der Waals surface area contributed by atoms with Crippen LogP contribution >= 0.6 is 23.6 Å². The molecule has 3 aromatic heterocycles. The summed E-state index contributed by atoms with van der Waals surface area (Å²) in [5.41, 5.74) is 2.23. The number of thiazole rings is 1. The number of hydrogen-bond acceptors (Lipinski definition) is 5. The number of hydrogen-bond donors (Lipinski definition) is 2. The van der Waals surface area contributed by atoms with Gasteiger partial charge in [0.05, 0.1) is 10.6 Å². The van der Waals surface area contributed by atoms with E-state index in [4.69, 9.17) is 17.2 Å². The van der Waals surface area contributed by atoms with Gasteiger partial charge in [-0.2, -0.15) is 4.98 Å².